The smallest absolute Gasteiger partial charge is 0.309 e. The summed E-state index contributed by atoms with van der Waals surface area (Å²) in [6.07, 6.45) is 5.00. The van der Waals surface area contributed by atoms with Gasteiger partial charge in [0, 0.05) is 11.8 Å². The van der Waals surface area contributed by atoms with E-state index in [1.54, 1.807) is 41.2 Å². The standard InChI is InChI=1S/C22H23FN6O3S/c1-2-3-6-12-33(30,31)32-18-13-26-21(27-20(18)24)19-16-9-7-11-25-22(16)29(28-19)14-15-8-4-5-10-17(15)23/h4-5,7-11,13H,2-3,6,12,14H2,1H3,(H2,24,26,27). The summed E-state index contributed by atoms with van der Waals surface area (Å²) >= 11 is 0. The zero-order chi connectivity index (χ0) is 23.4. The van der Waals surface area contributed by atoms with E-state index in [1.165, 1.54) is 12.3 Å². The molecule has 4 aromatic rings. The van der Waals surface area contributed by atoms with E-state index in [9.17, 15) is 12.8 Å². The van der Waals surface area contributed by atoms with Crippen molar-refractivity contribution < 1.29 is 17.0 Å². The van der Waals surface area contributed by atoms with Gasteiger partial charge in [-0.25, -0.2) is 24.0 Å². The van der Waals surface area contributed by atoms with Crippen LogP contribution in [0.5, 0.6) is 5.75 Å². The second-order valence-electron chi connectivity index (χ2n) is 7.47. The van der Waals surface area contributed by atoms with E-state index in [0.717, 1.165) is 12.8 Å². The van der Waals surface area contributed by atoms with Crippen LogP contribution in [0, 0.1) is 5.82 Å². The van der Waals surface area contributed by atoms with Crippen LogP contribution >= 0.6 is 0 Å². The molecular weight excluding hydrogens is 447 g/mol. The van der Waals surface area contributed by atoms with Crippen LogP contribution in [-0.2, 0) is 16.7 Å². The Balaban J connectivity index is 1.65. The maximum absolute atomic E-state index is 14.2. The molecule has 172 valence electrons. The van der Waals surface area contributed by atoms with Gasteiger partial charge in [0.25, 0.3) is 0 Å². The highest BCUT2D eigenvalue weighted by Crippen LogP contribution is 2.28. The second kappa shape index (κ2) is 9.49. The first-order chi connectivity index (χ1) is 15.9. The molecule has 11 heteroatoms. The topological polar surface area (TPSA) is 126 Å². The van der Waals surface area contributed by atoms with Crippen molar-refractivity contribution in [3.8, 4) is 17.3 Å². The van der Waals surface area contributed by atoms with Gasteiger partial charge in [0.2, 0.25) is 5.75 Å². The lowest BCUT2D eigenvalue weighted by molar-refractivity contribution is 0.482. The summed E-state index contributed by atoms with van der Waals surface area (Å²) in [5.41, 5.74) is 7.34. The first kappa shape index (κ1) is 22.6. The molecule has 33 heavy (non-hydrogen) atoms. The quantitative estimate of drug-likeness (QED) is 0.291. The van der Waals surface area contributed by atoms with Gasteiger partial charge in [-0.15, -0.1) is 0 Å². The predicted octanol–water partition coefficient (Wildman–Crippen LogP) is 3.56. The molecule has 0 aliphatic carbocycles. The minimum atomic E-state index is -3.80. The van der Waals surface area contributed by atoms with Crippen molar-refractivity contribution in [2.24, 2.45) is 0 Å². The number of rotatable bonds is 9. The van der Waals surface area contributed by atoms with Crippen molar-refractivity contribution in [2.75, 3.05) is 11.5 Å². The average molecular weight is 471 g/mol. The number of nitrogens with zero attached hydrogens (tertiary/aromatic N) is 5. The number of hydrogen-bond donors (Lipinski definition) is 1. The minimum absolute atomic E-state index is 0.112. The van der Waals surface area contributed by atoms with Gasteiger partial charge in [-0.2, -0.15) is 13.5 Å². The number of aromatic nitrogens is 5. The third-order valence-corrected chi connectivity index (χ3v) is 6.22. The zero-order valence-electron chi connectivity index (χ0n) is 18.0. The number of hydrogen-bond acceptors (Lipinski definition) is 8. The fraction of sp³-hybridized carbons (Fsp3) is 0.273. The van der Waals surface area contributed by atoms with Crippen LogP contribution in [0.15, 0.2) is 48.8 Å². The molecule has 0 radical (unpaired) electrons. The number of unbranched alkanes of at least 4 members (excludes halogenated alkanes) is 2. The van der Waals surface area contributed by atoms with Crippen LogP contribution in [0.4, 0.5) is 10.2 Å². The van der Waals surface area contributed by atoms with Crippen LogP contribution in [0.2, 0.25) is 0 Å². The number of nitrogens with two attached hydrogens (primary N) is 1. The summed E-state index contributed by atoms with van der Waals surface area (Å²) in [6.45, 7) is 2.14. The van der Waals surface area contributed by atoms with Gasteiger partial charge in [0.05, 0.1) is 23.9 Å². The number of pyridine rings is 1. The predicted molar refractivity (Wildman–Crippen MR) is 122 cm³/mol. The Morgan fingerprint density at radius 2 is 1.94 bits per heavy atom. The fourth-order valence-electron chi connectivity index (χ4n) is 3.34. The van der Waals surface area contributed by atoms with E-state index in [2.05, 4.69) is 20.1 Å². The molecular formula is C22H23FN6O3S. The van der Waals surface area contributed by atoms with Crippen LogP contribution < -0.4 is 9.92 Å². The molecule has 3 heterocycles. The number of anilines is 1. The highest BCUT2D eigenvalue weighted by atomic mass is 32.2. The monoisotopic (exact) mass is 470 g/mol. The van der Waals surface area contributed by atoms with Crippen molar-refractivity contribution in [2.45, 2.75) is 32.7 Å². The molecule has 9 nitrogen and oxygen atoms in total. The van der Waals surface area contributed by atoms with Crippen molar-refractivity contribution in [3.05, 3.63) is 60.2 Å². The molecule has 0 fully saturated rings. The van der Waals surface area contributed by atoms with Gasteiger partial charge in [-0.1, -0.05) is 38.0 Å². The molecule has 2 N–H and O–H groups in total. The Morgan fingerprint density at radius 1 is 1.12 bits per heavy atom. The maximum Gasteiger partial charge on any atom is 0.309 e. The van der Waals surface area contributed by atoms with Crippen molar-refractivity contribution in [1.82, 2.24) is 24.7 Å². The van der Waals surface area contributed by atoms with Crippen LogP contribution in [0.25, 0.3) is 22.6 Å². The molecule has 0 unspecified atom stereocenters. The highest BCUT2D eigenvalue weighted by Gasteiger charge is 2.20. The van der Waals surface area contributed by atoms with E-state index < -0.39 is 10.1 Å². The van der Waals surface area contributed by atoms with Crippen molar-refractivity contribution in [1.29, 1.82) is 0 Å². The Morgan fingerprint density at radius 3 is 2.70 bits per heavy atom. The third kappa shape index (κ3) is 5.08. The SMILES string of the molecule is CCCCCS(=O)(=O)Oc1cnc(-c2nn(Cc3ccccc3F)c3ncccc23)nc1N. The molecule has 0 spiro atoms. The third-order valence-electron chi connectivity index (χ3n) is 4.99. The maximum atomic E-state index is 14.2. The number of benzene rings is 1. The minimum Gasteiger partial charge on any atom is -0.380 e. The van der Waals surface area contributed by atoms with E-state index >= 15 is 0 Å². The first-order valence-corrected chi connectivity index (χ1v) is 12.1. The molecule has 0 saturated carbocycles. The normalized spacial score (nSPS) is 11.7. The fourth-order valence-corrected chi connectivity index (χ4v) is 4.39. The van der Waals surface area contributed by atoms with Gasteiger partial charge in [0.1, 0.15) is 11.5 Å². The summed E-state index contributed by atoms with van der Waals surface area (Å²) in [7, 11) is -3.80. The lowest BCUT2D eigenvalue weighted by Crippen LogP contribution is -2.15. The van der Waals surface area contributed by atoms with E-state index in [4.69, 9.17) is 9.92 Å². The molecule has 0 amide bonds. The second-order valence-corrected chi connectivity index (χ2v) is 9.16. The summed E-state index contributed by atoms with van der Waals surface area (Å²) in [5.74, 6) is -0.545. The number of halogens is 1. The lowest BCUT2D eigenvalue weighted by atomic mass is 10.2. The van der Waals surface area contributed by atoms with Crippen molar-refractivity contribution >= 4 is 27.0 Å². The molecule has 0 aliphatic heterocycles. The molecule has 3 aromatic heterocycles. The number of fused-ring (bicyclic) bond motifs is 1. The van der Waals surface area contributed by atoms with Gasteiger partial charge < -0.3 is 9.92 Å². The molecule has 1 aromatic carbocycles. The average Bonchev–Trinajstić information content (AvgIpc) is 3.15. The van der Waals surface area contributed by atoms with Gasteiger partial charge in [-0.05, 0) is 24.6 Å². The van der Waals surface area contributed by atoms with Gasteiger partial charge >= 0.3 is 10.1 Å². The van der Waals surface area contributed by atoms with Crippen molar-refractivity contribution in [3.63, 3.8) is 0 Å². The first-order valence-electron chi connectivity index (χ1n) is 10.5. The zero-order valence-corrected chi connectivity index (χ0v) is 18.8. The summed E-state index contributed by atoms with van der Waals surface area (Å²) < 4.78 is 45.2. The summed E-state index contributed by atoms with van der Waals surface area (Å²) in [6, 6.07) is 9.96. The Kier molecular flexibility index (Phi) is 6.50. The molecule has 4 rings (SSSR count). The molecule has 0 aliphatic rings. The Labute approximate surface area is 190 Å². The molecule has 0 atom stereocenters. The highest BCUT2D eigenvalue weighted by molar-refractivity contribution is 7.87. The lowest BCUT2D eigenvalue weighted by Gasteiger charge is -2.08. The Bertz CT molecular complexity index is 1390. The van der Waals surface area contributed by atoms with Gasteiger partial charge in [0.15, 0.2) is 17.3 Å². The van der Waals surface area contributed by atoms with E-state index in [1.807, 2.05) is 6.92 Å². The summed E-state index contributed by atoms with van der Waals surface area (Å²) in [4.78, 5) is 12.8. The van der Waals surface area contributed by atoms with Crippen LogP contribution in [0.1, 0.15) is 31.7 Å². The largest absolute Gasteiger partial charge is 0.380 e. The van der Waals surface area contributed by atoms with Gasteiger partial charge in [-0.3, -0.25) is 0 Å². The molecule has 0 bridgehead atoms. The Hall–Kier alpha value is -3.60. The van der Waals surface area contributed by atoms with Crippen LogP contribution in [0.3, 0.4) is 0 Å². The molecule has 0 saturated heterocycles. The van der Waals surface area contributed by atoms with E-state index in [-0.39, 0.29) is 35.5 Å². The summed E-state index contributed by atoms with van der Waals surface area (Å²) in [5, 5.41) is 5.19. The number of nitrogen functional groups attached to an aromatic ring is 1. The van der Waals surface area contributed by atoms with Crippen LogP contribution in [-0.4, -0.2) is 38.9 Å². The van der Waals surface area contributed by atoms with E-state index in [0.29, 0.717) is 28.7 Å².